The molecule has 0 aliphatic carbocycles. The van der Waals surface area contributed by atoms with E-state index in [1.54, 1.807) is 6.07 Å². The molecule has 2 aromatic rings. The Labute approximate surface area is 127 Å². The van der Waals surface area contributed by atoms with Gasteiger partial charge >= 0.3 is 0 Å². The Hall–Kier alpha value is -2.19. The van der Waals surface area contributed by atoms with Crippen molar-refractivity contribution in [2.45, 2.75) is 26.7 Å². The van der Waals surface area contributed by atoms with Crippen LogP contribution in [0.5, 0.6) is 0 Å². The van der Waals surface area contributed by atoms with Crippen LogP contribution in [-0.4, -0.2) is 10.2 Å². The molecule has 0 spiro atoms. The number of nitriles is 1. The first-order chi connectivity index (χ1) is 10.1. The summed E-state index contributed by atoms with van der Waals surface area (Å²) in [7, 11) is 0. The van der Waals surface area contributed by atoms with Crippen molar-refractivity contribution >= 4 is 23.1 Å². The number of nitrogens with zero attached hydrogens (tertiary/aromatic N) is 3. The van der Waals surface area contributed by atoms with Gasteiger partial charge in [0.1, 0.15) is 11.6 Å². The van der Waals surface area contributed by atoms with Crippen LogP contribution in [0, 0.1) is 17.1 Å². The number of rotatable bonds is 4. The smallest absolute Gasteiger partial charge is 0.171 e. The average Bonchev–Trinajstić information content (AvgIpc) is 2.51. The number of halogens is 2. The van der Waals surface area contributed by atoms with Gasteiger partial charge in [0.05, 0.1) is 16.4 Å². The van der Waals surface area contributed by atoms with Crippen molar-refractivity contribution in [3.63, 3.8) is 0 Å². The molecule has 0 fully saturated rings. The average molecular weight is 305 g/mol. The van der Waals surface area contributed by atoms with Crippen LogP contribution in [0.25, 0.3) is 0 Å². The molecule has 0 aliphatic heterocycles. The summed E-state index contributed by atoms with van der Waals surface area (Å²) in [6.07, 6.45) is 1.35. The van der Waals surface area contributed by atoms with Crippen molar-refractivity contribution in [3.05, 3.63) is 45.9 Å². The van der Waals surface area contributed by atoms with E-state index in [0.717, 1.165) is 11.3 Å². The number of aryl methyl sites for hydroxylation is 1. The summed E-state index contributed by atoms with van der Waals surface area (Å²) in [4.78, 5) is 0. The van der Waals surface area contributed by atoms with Crippen LogP contribution in [0.15, 0.2) is 18.2 Å². The summed E-state index contributed by atoms with van der Waals surface area (Å²) in [5.74, 6) is -0.338. The SMILES string of the molecule is CCc1nnc(Nc2cccc(Cl)c2F)c(C#N)c1CC. The molecule has 2 rings (SSSR count). The summed E-state index contributed by atoms with van der Waals surface area (Å²) in [5.41, 5.74) is 2.18. The molecule has 0 atom stereocenters. The van der Waals surface area contributed by atoms with E-state index in [0.29, 0.717) is 18.4 Å². The summed E-state index contributed by atoms with van der Waals surface area (Å²) in [6.45, 7) is 3.90. The van der Waals surface area contributed by atoms with Gasteiger partial charge in [-0.05, 0) is 30.5 Å². The molecule has 4 nitrogen and oxygen atoms in total. The third-order valence-corrected chi connectivity index (χ3v) is 3.45. The molecule has 1 aromatic heterocycles. The Morgan fingerprint density at radius 3 is 2.67 bits per heavy atom. The molecule has 0 unspecified atom stereocenters. The molecule has 1 N–H and O–H groups in total. The van der Waals surface area contributed by atoms with Gasteiger partial charge < -0.3 is 5.32 Å². The van der Waals surface area contributed by atoms with Gasteiger partial charge in [0.2, 0.25) is 0 Å². The minimum Gasteiger partial charge on any atom is -0.335 e. The highest BCUT2D eigenvalue weighted by Gasteiger charge is 2.16. The van der Waals surface area contributed by atoms with E-state index in [-0.39, 0.29) is 16.5 Å². The fraction of sp³-hybridized carbons (Fsp3) is 0.267. The van der Waals surface area contributed by atoms with Crippen molar-refractivity contribution in [1.82, 2.24) is 10.2 Å². The van der Waals surface area contributed by atoms with Crippen LogP contribution in [-0.2, 0) is 12.8 Å². The molecular formula is C15H14ClFN4. The Morgan fingerprint density at radius 1 is 1.29 bits per heavy atom. The predicted octanol–water partition coefficient (Wildman–Crippen LogP) is 4.01. The second-order valence-electron chi connectivity index (χ2n) is 4.39. The number of benzene rings is 1. The molecular weight excluding hydrogens is 291 g/mol. The largest absolute Gasteiger partial charge is 0.335 e. The lowest BCUT2D eigenvalue weighted by Crippen LogP contribution is -2.08. The van der Waals surface area contributed by atoms with Crippen molar-refractivity contribution in [3.8, 4) is 6.07 Å². The maximum Gasteiger partial charge on any atom is 0.171 e. The molecule has 0 aliphatic rings. The molecule has 108 valence electrons. The Balaban J connectivity index is 2.50. The van der Waals surface area contributed by atoms with Crippen LogP contribution in [0.2, 0.25) is 5.02 Å². The first-order valence-electron chi connectivity index (χ1n) is 6.61. The molecule has 1 aromatic carbocycles. The van der Waals surface area contributed by atoms with E-state index in [1.807, 2.05) is 13.8 Å². The van der Waals surface area contributed by atoms with Gasteiger partial charge in [-0.2, -0.15) is 10.4 Å². The Bertz CT molecular complexity index is 710. The van der Waals surface area contributed by atoms with E-state index >= 15 is 0 Å². The highest BCUT2D eigenvalue weighted by molar-refractivity contribution is 6.31. The number of aromatic nitrogens is 2. The third kappa shape index (κ3) is 2.96. The lowest BCUT2D eigenvalue weighted by molar-refractivity contribution is 0.632. The van der Waals surface area contributed by atoms with E-state index in [4.69, 9.17) is 11.6 Å². The number of anilines is 2. The van der Waals surface area contributed by atoms with Gasteiger partial charge in [-0.25, -0.2) is 4.39 Å². The van der Waals surface area contributed by atoms with E-state index in [9.17, 15) is 9.65 Å². The number of hydrogen-bond donors (Lipinski definition) is 1. The molecule has 0 bridgehead atoms. The molecule has 0 radical (unpaired) electrons. The van der Waals surface area contributed by atoms with Gasteiger partial charge in [0.15, 0.2) is 11.6 Å². The summed E-state index contributed by atoms with van der Waals surface area (Å²) in [6, 6.07) is 6.73. The lowest BCUT2D eigenvalue weighted by Gasteiger charge is -2.12. The fourth-order valence-electron chi connectivity index (χ4n) is 2.11. The standard InChI is InChI=1S/C15H14ClFN4/c1-3-9-10(8-18)15(21-20-12(9)4-2)19-13-7-5-6-11(16)14(13)17/h5-7H,3-4H2,1-2H3,(H,19,21). The van der Waals surface area contributed by atoms with Crippen LogP contribution < -0.4 is 5.32 Å². The van der Waals surface area contributed by atoms with Gasteiger partial charge in [0.25, 0.3) is 0 Å². The summed E-state index contributed by atoms with van der Waals surface area (Å²) >= 11 is 5.74. The van der Waals surface area contributed by atoms with Crippen LogP contribution in [0.4, 0.5) is 15.9 Å². The fourth-order valence-corrected chi connectivity index (χ4v) is 2.28. The molecule has 0 saturated carbocycles. The zero-order valence-electron chi connectivity index (χ0n) is 11.7. The second-order valence-corrected chi connectivity index (χ2v) is 4.80. The zero-order chi connectivity index (χ0) is 15.4. The number of nitrogens with one attached hydrogen (secondary N) is 1. The van der Waals surface area contributed by atoms with E-state index in [1.165, 1.54) is 12.1 Å². The van der Waals surface area contributed by atoms with Crippen molar-refractivity contribution in [1.29, 1.82) is 5.26 Å². The van der Waals surface area contributed by atoms with Gasteiger partial charge in [-0.15, -0.1) is 5.10 Å². The summed E-state index contributed by atoms with van der Waals surface area (Å²) in [5, 5.41) is 20.3. The van der Waals surface area contributed by atoms with Crippen molar-refractivity contribution in [2.75, 3.05) is 5.32 Å². The van der Waals surface area contributed by atoms with E-state index in [2.05, 4.69) is 21.6 Å². The van der Waals surface area contributed by atoms with Crippen molar-refractivity contribution in [2.24, 2.45) is 0 Å². The third-order valence-electron chi connectivity index (χ3n) is 3.16. The second kappa shape index (κ2) is 6.51. The van der Waals surface area contributed by atoms with Crippen molar-refractivity contribution < 1.29 is 4.39 Å². The monoisotopic (exact) mass is 304 g/mol. The molecule has 6 heteroatoms. The predicted molar refractivity (Wildman–Crippen MR) is 80.2 cm³/mol. The minimum absolute atomic E-state index is 0.00681. The van der Waals surface area contributed by atoms with E-state index < -0.39 is 5.82 Å². The van der Waals surface area contributed by atoms with Crippen LogP contribution in [0.3, 0.4) is 0 Å². The quantitative estimate of drug-likeness (QED) is 0.927. The zero-order valence-corrected chi connectivity index (χ0v) is 12.5. The lowest BCUT2D eigenvalue weighted by atomic mass is 10.0. The normalized spacial score (nSPS) is 10.2. The molecule has 0 amide bonds. The van der Waals surface area contributed by atoms with Crippen LogP contribution in [0.1, 0.15) is 30.7 Å². The van der Waals surface area contributed by atoms with Crippen LogP contribution >= 0.6 is 11.6 Å². The highest BCUT2D eigenvalue weighted by Crippen LogP contribution is 2.27. The first-order valence-corrected chi connectivity index (χ1v) is 6.99. The molecule has 0 saturated heterocycles. The maximum atomic E-state index is 13.9. The minimum atomic E-state index is -0.581. The maximum absolute atomic E-state index is 13.9. The van der Waals surface area contributed by atoms with Gasteiger partial charge in [0, 0.05) is 0 Å². The highest BCUT2D eigenvalue weighted by atomic mass is 35.5. The van der Waals surface area contributed by atoms with Gasteiger partial charge in [-0.1, -0.05) is 31.5 Å². The Morgan fingerprint density at radius 2 is 2.05 bits per heavy atom. The summed E-state index contributed by atoms with van der Waals surface area (Å²) < 4.78 is 13.9. The Kier molecular flexibility index (Phi) is 4.71. The molecule has 21 heavy (non-hydrogen) atoms. The molecule has 1 heterocycles. The first kappa shape index (κ1) is 15.2. The number of hydrogen-bond acceptors (Lipinski definition) is 4. The topological polar surface area (TPSA) is 61.6 Å². The van der Waals surface area contributed by atoms with Gasteiger partial charge in [-0.3, -0.25) is 0 Å².